The Morgan fingerprint density at radius 3 is 2.94 bits per heavy atom. The van der Waals surface area contributed by atoms with Crippen LogP contribution in [0.3, 0.4) is 0 Å². The zero-order chi connectivity index (χ0) is 11.4. The van der Waals surface area contributed by atoms with Crippen LogP contribution >= 0.6 is 11.3 Å². The molecule has 0 radical (unpaired) electrons. The first-order chi connectivity index (χ1) is 7.77. The van der Waals surface area contributed by atoms with Crippen LogP contribution in [0, 0.1) is 5.41 Å². The SMILES string of the molecule is COC(=O)C1(CNCc2cccs2)CCC1. The van der Waals surface area contributed by atoms with Crippen molar-refractivity contribution >= 4 is 17.3 Å². The molecule has 88 valence electrons. The zero-order valence-electron chi connectivity index (χ0n) is 9.49. The van der Waals surface area contributed by atoms with Crippen LogP contribution in [0.15, 0.2) is 17.5 Å². The first-order valence-corrected chi connectivity index (χ1v) is 6.46. The lowest BCUT2D eigenvalue weighted by atomic mass is 9.68. The van der Waals surface area contributed by atoms with E-state index in [1.807, 2.05) is 6.07 Å². The van der Waals surface area contributed by atoms with Crippen LogP contribution in [0.4, 0.5) is 0 Å². The molecule has 1 fully saturated rings. The molecule has 1 N–H and O–H groups in total. The summed E-state index contributed by atoms with van der Waals surface area (Å²) in [5, 5.41) is 5.42. The molecule has 0 aromatic carbocycles. The summed E-state index contributed by atoms with van der Waals surface area (Å²) in [6, 6.07) is 4.14. The van der Waals surface area contributed by atoms with Gasteiger partial charge in [0.25, 0.3) is 0 Å². The van der Waals surface area contributed by atoms with Crippen LogP contribution in [0.2, 0.25) is 0 Å². The van der Waals surface area contributed by atoms with Gasteiger partial charge < -0.3 is 10.1 Å². The standard InChI is InChI=1S/C12H17NO2S/c1-15-11(14)12(5-3-6-12)9-13-8-10-4-2-7-16-10/h2,4,7,13H,3,5-6,8-9H2,1H3. The van der Waals surface area contributed by atoms with Gasteiger partial charge >= 0.3 is 5.97 Å². The smallest absolute Gasteiger partial charge is 0.313 e. The highest BCUT2D eigenvalue weighted by atomic mass is 32.1. The fourth-order valence-corrected chi connectivity index (χ4v) is 2.79. The first-order valence-electron chi connectivity index (χ1n) is 5.58. The van der Waals surface area contributed by atoms with Crippen molar-refractivity contribution < 1.29 is 9.53 Å². The molecule has 0 amide bonds. The second kappa shape index (κ2) is 4.97. The topological polar surface area (TPSA) is 38.3 Å². The van der Waals surface area contributed by atoms with E-state index in [9.17, 15) is 4.79 Å². The highest BCUT2D eigenvalue weighted by Gasteiger charge is 2.44. The van der Waals surface area contributed by atoms with Crippen LogP contribution in [0.25, 0.3) is 0 Å². The molecule has 4 heteroatoms. The summed E-state index contributed by atoms with van der Waals surface area (Å²) in [5.41, 5.74) is -0.244. The van der Waals surface area contributed by atoms with Crippen molar-refractivity contribution in [2.45, 2.75) is 25.8 Å². The second-order valence-corrected chi connectivity index (χ2v) is 5.34. The molecule has 1 aromatic rings. The van der Waals surface area contributed by atoms with Gasteiger partial charge in [-0.05, 0) is 24.3 Å². The minimum Gasteiger partial charge on any atom is -0.469 e. The fraction of sp³-hybridized carbons (Fsp3) is 0.583. The van der Waals surface area contributed by atoms with Gasteiger partial charge in [-0.1, -0.05) is 12.5 Å². The number of nitrogens with one attached hydrogen (secondary N) is 1. The Balaban J connectivity index is 1.81. The van der Waals surface area contributed by atoms with Crippen molar-refractivity contribution in [1.29, 1.82) is 0 Å². The molecule has 0 atom stereocenters. The fourth-order valence-electron chi connectivity index (χ4n) is 2.11. The lowest BCUT2D eigenvalue weighted by Gasteiger charge is -2.38. The molecular weight excluding hydrogens is 222 g/mol. The minimum absolute atomic E-state index is 0.0579. The van der Waals surface area contributed by atoms with Crippen molar-refractivity contribution in [2.75, 3.05) is 13.7 Å². The largest absolute Gasteiger partial charge is 0.469 e. The Hall–Kier alpha value is -0.870. The molecule has 1 aliphatic rings. The van der Waals surface area contributed by atoms with E-state index < -0.39 is 0 Å². The number of ether oxygens (including phenoxy) is 1. The van der Waals surface area contributed by atoms with Gasteiger partial charge in [-0.15, -0.1) is 11.3 Å². The van der Waals surface area contributed by atoms with E-state index in [1.54, 1.807) is 11.3 Å². The molecule has 16 heavy (non-hydrogen) atoms. The molecule has 0 aliphatic heterocycles. The molecule has 0 spiro atoms. The summed E-state index contributed by atoms with van der Waals surface area (Å²) in [6.07, 6.45) is 3.05. The highest BCUT2D eigenvalue weighted by Crippen LogP contribution is 2.41. The Morgan fingerprint density at radius 1 is 1.62 bits per heavy atom. The maximum Gasteiger partial charge on any atom is 0.313 e. The van der Waals surface area contributed by atoms with E-state index >= 15 is 0 Å². The number of hydrogen-bond acceptors (Lipinski definition) is 4. The van der Waals surface area contributed by atoms with Gasteiger partial charge in [0.1, 0.15) is 0 Å². The Bertz CT molecular complexity index is 344. The number of rotatable bonds is 5. The Kier molecular flexibility index (Phi) is 3.61. The molecular formula is C12H17NO2S. The predicted octanol–water partition coefficient (Wildman–Crippen LogP) is 2.18. The zero-order valence-corrected chi connectivity index (χ0v) is 10.3. The molecule has 0 bridgehead atoms. The molecule has 2 rings (SSSR count). The summed E-state index contributed by atoms with van der Waals surface area (Å²) >= 11 is 1.73. The number of thiophene rings is 1. The summed E-state index contributed by atoms with van der Waals surface area (Å²) < 4.78 is 4.87. The van der Waals surface area contributed by atoms with Gasteiger partial charge in [-0.25, -0.2) is 0 Å². The van der Waals surface area contributed by atoms with Gasteiger partial charge in [0.15, 0.2) is 0 Å². The predicted molar refractivity (Wildman–Crippen MR) is 64.3 cm³/mol. The lowest BCUT2D eigenvalue weighted by molar-refractivity contribution is -0.158. The van der Waals surface area contributed by atoms with Gasteiger partial charge in [0.05, 0.1) is 12.5 Å². The Labute approximate surface area is 99.8 Å². The van der Waals surface area contributed by atoms with Crippen LogP contribution in [-0.2, 0) is 16.1 Å². The van der Waals surface area contributed by atoms with E-state index in [1.165, 1.54) is 12.0 Å². The maximum absolute atomic E-state index is 11.6. The quantitative estimate of drug-likeness (QED) is 0.800. The third-order valence-corrected chi connectivity index (χ3v) is 4.15. The van der Waals surface area contributed by atoms with Crippen molar-refractivity contribution in [2.24, 2.45) is 5.41 Å². The van der Waals surface area contributed by atoms with E-state index in [2.05, 4.69) is 16.8 Å². The van der Waals surface area contributed by atoms with Crippen LogP contribution in [0.1, 0.15) is 24.1 Å². The first kappa shape index (κ1) is 11.6. The van der Waals surface area contributed by atoms with Crippen molar-refractivity contribution in [3.63, 3.8) is 0 Å². The number of methoxy groups -OCH3 is 1. The van der Waals surface area contributed by atoms with E-state index in [-0.39, 0.29) is 11.4 Å². The van der Waals surface area contributed by atoms with Crippen LogP contribution < -0.4 is 5.32 Å². The molecule has 1 saturated carbocycles. The normalized spacial score (nSPS) is 17.8. The van der Waals surface area contributed by atoms with E-state index in [0.717, 1.165) is 32.4 Å². The molecule has 1 aromatic heterocycles. The van der Waals surface area contributed by atoms with Crippen LogP contribution in [0.5, 0.6) is 0 Å². The molecule has 0 saturated heterocycles. The minimum atomic E-state index is -0.244. The van der Waals surface area contributed by atoms with E-state index in [4.69, 9.17) is 4.74 Å². The summed E-state index contributed by atoms with van der Waals surface area (Å²) in [7, 11) is 1.47. The molecule has 0 unspecified atom stereocenters. The second-order valence-electron chi connectivity index (χ2n) is 4.31. The van der Waals surface area contributed by atoms with Crippen molar-refractivity contribution in [3.05, 3.63) is 22.4 Å². The number of hydrogen-bond donors (Lipinski definition) is 1. The molecule has 3 nitrogen and oxygen atoms in total. The van der Waals surface area contributed by atoms with E-state index in [0.29, 0.717) is 0 Å². The molecule has 1 aliphatic carbocycles. The third kappa shape index (κ3) is 2.28. The van der Waals surface area contributed by atoms with Crippen LogP contribution in [-0.4, -0.2) is 19.6 Å². The lowest BCUT2D eigenvalue weighted by Crippen LogP contribution is -2.46. The summed E-state index contributed by atoms with van der Waals surface area (Å²) in [5.74, 6) is -0.0579. The maximum atomic E-state index is 11.6. The van der Waals surface area contributed by atoms with Gasteiger partial charge in [-0.2, -0.15) is 0 Å². The summed E-state index contributed by atoms with van der Waals surface area (Å²) in [4.78, 5) is 13.0. The van der Waals surface area contributed by atoms with Gasteiger partial charge in [0, 0.05) is 18.0 Å². The Morgan fingerprint density at radius 2 is 2.44 bits per heavy atom. The summed E-state index contributed by atoms with van der Waals surface area (Å²) in [6.45, 7) is 1.58. The average Bonchev–Trinajstić information content (AvgIpc) is 2.74. The average molecular weight is 239 g/mol. The van der Waals surface area contributed by atoms with Crippen molar-refractivity contribution in [1.82, 2.24) is 5.32 Å². The number of esters is 1. The van der Waals surface area contributed by atoms with Crippen molar-refractivity contribution in [3.8, 4) is 0 Å². The van der Waals surface area contributed by atoms with Gasteiger partial charge in [0.2, 0.25) is 0 Å². The molecule has 1 heterocycles. The van der Waals surface area contributed by atoms with Gasteiger partial charge in [-0.3, -0.25) is 4.79 Å². The number of carbonyl (C=O) groups excluding carboxylic acids is 1. The monoisotopic (exact) mass is 239 g/mol. The highest BCUT2D eigenvalue weighted by molar-refractivity contribution is 7.09. The number of carbonyl (C=O) groups is 1. The third-order valence-electron chi connectivity index (χ3n) is 3.27.